The van der Waals surface area contributed by atoms with Crippen molar-refractivity contribution in [2.45, 2.75) is 12.6 Å². The minimum Gasteiger partial charge on any atom is -0.374 e. The van der Waals surface area contributed by atoms with Crippen molar-refractivity contribution in [2.75, 3.05) is 11.9 Å². The van der Waals surface area contributed by atoms with E-state index in [9.17, 15) is 10.1 Å². The summed E-state index contributed by atoms with van der Waals surface area (Å²) in [6.07, 6.45) is 0. The van der Waals surface area contributed by atoms with Crippen LogP contribution in [0.2, 0.25) is 5.02 Å². The fourth-order valence-corrected chi connectivity index (χ4v) is 2.64. The van der Waals surface area contributed by atoms with E-state index in [1.807, 2.05) is 24.3 Å². The molecule has 1 aliphatic rings. The highest BCUT2D eigenvalue weighted by atomic mass is 35.5. The third-order valence-corrected chi connectivity index (χ3v) is 3.69. The Kier molecular flexibility index (Phi) is 3.77. The summed E-state index contributed by atoms with van der Waals surface area (Å²) in [5.41, 5.74) is 2.59. The summed E-state index contributed by atoms with van der Waals surface area (Å²) in [6.45, 7) is 1.02. The molecular formula is C15H13ClN2O3. The smallest absolute Gasteiger partial charge is 0.292 e. The lowest BCUT2D eigenvalue weighted by molar-refractivity contribution is -0.384. The molecule has 0 aliphatic carbocycles. The van der Waals surface area contributed by atoms with Crippen LogP contribution in [0.1, 0.15) is 17.2 Å². The first-order valence-electron chi connectivity index (χ1n) is 6.51. The van der Waals surface area contributed by atoms with Crippen LogP contribution in [0.25, 0.3) is 0 Å². The zero-order valence-corrected chi connectivity index (χ0v) is 11.8. The van der Waals surface area contributed by atoms with E-state index >= 15 is 0 Å². The van der Waals surface area contributed by atoms with Crippen molar-refractivity contribution >= 4 is 23.0 Å². The first-order valence-corrected chi connectivity index (χ1v) is 6.89. The highest BCUT2D eigenvalue weighted by Crippen LogP contribution is 2.33. The molecule has 6 heteroatoms. The van der Waals surface area contributed by atoms with Gasteiger partial charge in [-0.1, -0.05) is 35.9 Å². The Morgan fingerprint density at radius 3 is 2.90 bits per heavy atom. The van der Waals surface area contributed by atoms with Gasteiger partial charge in [0.15, 0.2) is 0 Å². The van der Waals surface area contributed by atoms with Gasteiger partial charge in [-0.2, -0.15) is 0 Å². The molecule has 0 bridgehead atoms. The summed E-state index contributed by atoms with van der Waals surface area (Å²) >= 11 is 5.95. The number of hydrogen-bond acceptors (Lipinski definition) is 4. The van der Waals surface area contributed by atoms with Crippen LogP contribution in [-0.4, -0.2) is 11.5 Å². The number of nitro groups is 1. The van der Waals surface area contributed by atoms with Crippen molar-refractivity contribution in [3.05, 3.63) is 68.7 Å². The molecule has 1 heterocycles. The maximum Gasteiger partial charge on any atom is 0.292 e. The van der Waals surface area contributed by atoms with Crippen LogP contribution < -0.4 is 5.32 Å². The van der Waals surface area contributed by atoms with Gasteiger partial charge in [0.1, 0.15) is 5.69 Å². The minimum absolute atomic E-state index is 0.00227. The summed E-state index contributed by atoms with van der Waals surface area (Å²) in [6, 6.07) is 12.2. The molecule has 0 spiro atoms. The Balaban J connectivity index is 1.95. The molecule has 0 amide bonds. The van der Waals surface area contributed by atoms with E-state index in [4.69, 9.17) is 16.3 Å². The lowest BCUT2D eigenvalue weighted by atomic mass is 9.99. The van der Waals surface area contributed by atoms with Gasteiger partial charge in [-0.3, -0.25) is 10.1 Å². The molecule has 0 saturated carbocycles. The van der Waals surface area contributed by atoms with Crippen molar-refractivity contribution in [1.82, 2.24) is 0 Å². The van der Waals surface area contributed by atoms with Crippen LogP contribution in [0.4, 0.5) is 11.4 Å². The highest BCUT2D eigenvalue weighted by Gasteiger charge is 2.23. The predicted molar refractivity (Wildman–Crippen MR) is 80.6 cm³/mol. The van der Waals surface area contributed by atoms with E-state index in [2.05, 4.69) is 5.32 Å². The van der Waals surface area contributed by atoms with Crippen LogP contribution in [0.15, 0.2) is 42.5 Å². The summed E-state index contributed by atoms with van der Waals surface area (Å²) < 4.78 is 5.55. The molecule has 0 saturated heterocycles. The molecule has 0 radical (unpaired) electrons. The van der Waals surface area contributed by atoms with Crippen LogP contribution in [-0.2, 0) is 11.3 Å². The largest absolute Gasteiger partial charge is 0.374 e. The summed E-state index contributed by atoms with van der Waals surface area (Å²) in [5, 5.41) is 14.7. The Hall–Kier alpha value is -2.11. The van der Waals surface area contributed by atoms with Crippen molar-refractivity contribution in [2.24, 2.45) is 0 Å². The van der Waals surface area contributed by atoms with Crippen molar-refractivity contribution < 1.29 is 9.66 Å². The number of nitrogens with one attached hydrogen (secondary N) is 1. The van der Waals surface area contributed by atoms with Crippen LogP contribution in [0.3, 0.4) is 0 Å². The van der Waals surface area contributed by atoms with Crippen LogP contribution in [0, 0.1) is 10.1 Å². The van der Waals surface area contributed by atoms with E-state index in [0.29, 0.717) is 23.9 Å². The average molecular weight is 305 g/mol. The van der Waals surface area contributed by atoms with Gasteiger partial charge in [0.25, 0.3) is 5.69 Å². The van der Waals surface area contributed by atoms with Gasteiger partial charge < -0.3 is 10.1 Å². The van der Waals surface area contributed by atoms with Crippen molar-refractivity contribution in [1.29, 1.82) is 0 Å². The fraction of sp³-hybridized carbons (Fsp3) is 0.200. The molecule has 2 aromatic carbocycles. The second-order valence-corrected chi connectivity index (χ2v) is 5.27. The SMILES string of the molecule is O=[N+]([O-])c1ccc(Cl)cc1NC1COCc2ccccc21. The summed E-state index contributed by atoms with van der Waals surface area (Å²) in [5.74, 6) is 0. The molecule has 108 valence electrons. The third-order valence-electron chi connectivity index (χ3n) is 3.46. The number of hydrogen-bond donors (Lipinski definition) is 1. The van der Waals surface area contributed by atoms with Gasteiger partial charge in [-0.25, -0.2) is 0 Å². The zero-order valence-electron chi connectivity index (χ0n) is 11.1. The van der Waals surface area contributed by atoms with E-state index < -0.39 is 4.92 Å². The number of anilines is 1. The second kappa shape index (κ2) is 5.71. The average Bonchev–Trinajstić information content (AvgIpc) is 2.47. The molecule has 1 unspecified atom stereocenters. The monoisotopic (exact) mass is 304 g/mol. The number of fused-ring (bicyclic) bond motifs is 1. The van der Waals surface area contributed by atoms with Gasteiger partial charge in [0.2, 0.25) is 0 Å². The molecule has 1 aliphatic heterocycles. The van der Waals surface area contributed by atoms with Gasteiger partial charge in [0, 0.05) is 11.1 Å². The molecule has 5 nitrogen and oxygen atoms in total. The number of nitro benzene ring substituents is 1. The molecule has 0 aromatic heterocycles. The number of benzene rings is 2. The first kappa shape index (κ1) is 13.9. The number of ether oxygens (including phenoxy) is 1. The van der Waals surface area contributed by atoms with Crippen LogP contribution in [0.5, 0.6) is 0 Å². The molecule has 21 heavy (non-hydrogen) atoms. The Bertz CT molecular complexity index is 690. The van der Waals surface area contributed by atoms with Gasteiger partial charge in [-0.05, 0) is 23.3 Å². The third kappa shape index (κ3) is 2.84. The fourth-order valence-electron chi connectivity index (χ4n) is 2.47. The summed E-state index contributed by atoms with van der Waals surface area (Å²) in [4.78, 5) is 10.7. The molecule has 1 atom stereocenters. The van der Waals surface area contributed by atoms with Gasteiger partial charge >= 0.3 is 0 Å². The minimum atomic E-state index is -0.422. The van der Waals surface area contributed by atoms with Crippen molar-refractivity contribution in [3.63, 3.8) is 0 Å². The number of halogens is 1. The van der Waals surface area contributed by atoms with E-state index in [0.717, 1.165) is 11.1 Å². The number of nitrogens with zero attached hydrogens (tertiary/aromatic N) is 1. The molecule has 0 fully saturated rings. The summed E-state index contributed by atoms with van der Waals surface area (Å²) in [7, 11) is 0. The number of rotatable bonds is 3. The van der Waals surface area contributed by atoms with E-state index in [-0.39, 0.29) is 11.7 Å². The first-order chi connectivity index (χ1) is 10.1. The van der Waals surface area contributed by atoms with Gasteiger partial charge in [0.05, 0.1) is 24.2 Å². The molecule has 2 aromatic rings. The Labute approximate surface area is 126 Å². The lowest BCUT2D eigenvalue weighted by Gasteiger charge is -2.27. The maximum atomic E-state index is 11.1. The second-order valence-electron chi connectivity index (χ2n) is 4.83. The lowest BCUT2D eigenvalue weighted by Crippen LogP contribution is -2.23. The Morgan fingerprint density at radius 1 is 1.29 bits per heavy atom. The normalized spacial score (nSPS) is 17.1. The van der Waals surface area contributed by atoms with Gasteiger partial charge in [-0.15, -0.1) is 0 Å². The Morgan fingerprint density at radius 2 is 2.10 bits per heavy atom. The van der Waals surface area contributed by atoms with E-state index in [1.165, 1.54) is 12.1 Å². The molecular weight excluding hydrogens is 292 g/mol. The van der Waals surface area contributed by atoms with E-state index in [1.54, 1.807) is 6.07 Å². The molecule has 3 rings (SSSR count). The standard InChI is InChI=1S/C15H13ClN2O3/c16-11-5-6-15(18(19)20)13(7-11)17-14-9-21-8-10-3-1-2-4-12(10)14/h1-7,14,17H,8-9H2. The quantitative estimate of drug-likeness (QED) is 0.689. The topological polar surface area (TPSA) is 64.4 Å². The molecule has 1 N–H and O–H groups in total. The zero-order chi connectivity index (χ0) is 14.8. The highest BCUT2D eigenvalue weighted by molar-refractivity contribution is 6.31. The van der Waals surface area contributed by atoms with Crippen LogP contribution >= 0.6 is 11.6 Å². The predicted octanol–water partition coefficient (Wildman–Crippen LogP) is 3.93. The van der Waals surface area contributed by atoms with Crippen molar-refractivity contribution in [3.8, 4) is 0 Å². The maximum absolute atomic E-state index is 11.1.